The zero-order valence-corrected chi connectivity index (χ0v) is 12.8. The summed E-state index contributed by atoms with van der Waals surface area (Å²) in [5.41, 5.74) is 0.189. The fourth-order valence-electron chi connectivity index (χ4n) is 2.37. The number of carbonyl (C=O) groups is 1. The summed E-state index contributed by atoms with van der Waals surface area (Å²) in [6.07, 6.45) is 8.03. The van der Waals surface area contributed by atoms with Crippen molar-refractivity contribution in [2.75, 3.05) is 0 Å². The van der Waals surface area contributed by atoms with E-state index in [1.807, 2.05) is 13.8 Å². The summed E-state index contributed by atoms with van der Waals surface area (Å²) in [7, 11) is 0. The molecule has 1 heterocycles. The molecule has 0 bridgehead atoms. The molecular weight excluding hydrogens is 276 g/mol. The summed E-state index contributed by atoms with van der Waals surface area (Å²) in [5.74, 6) is 0.338. The Morgan fingerprint density at radius 3 is 2.55 bits per heavy atom. The standard InChI is InChI=1S/C15H21ClN2O2/c1-10(2)14-17-9-12(16)13(18-14)15(19)20-11-7-5-3-4-6-8-11/h9-11H,3-8H2,1-2H3. The van der Waals surface area contributed by atoms with Crippen LogP contribution in [0.4, 0.5) is 0 Å². The number of aromatic nitrogens is 2. The molecule has 0 aromatic carbocycles. The van der Waals surface area contributed by atoms with Crippen LogP contribution in [0.15, 0.2) is 6.20 Å². The fraction of sp³-hybridized carbons (Fsp3) is 0.667. The molecule has 0 aliphatic heterocycles. The summed E-state index contributed by atoms with van der Waals surface area (Å²) in [4.78, 5) is 20.6. The molecule has 1 aliphatic carbocycles. The van der Waals surface area contributed by atoms with Crippen LogP contribution < -0.4 is 0 Å². The number of halogens is 1. The second kappa shape index (κ2) is 7.02. The second-order valence-corrected chi connectivity index (χ2v) is 6.01. The van der Waals surface area contributed by atoms with Crippen LogP contribution in [0.3, 0.4) is 0 Å². The third-order valence-corrected chi connectivity index (χ3v) is 3.82. The third kappa shape index (κ3) is 3.92. The molecule has 0 unspecified atom stereocenters. The van der Waals surface area contributed by atoms with E-state index in [9.17, 15) is 4.79 Å². The summed E-state index contributed by atoms with van der Waals surface area (Å²) in [5, 5.41) is 0.257. The lowest BCUT2D eigenvalue weighted by Crippen LogP contribution is -2.19. The highest BCUT2D eigenvalue weighted by Gasteiger charge is 2.22. The molecule has 1 aliphatic rings. The van der Waals surface area contributed by atoms with Gasteiger partial charge in [-0.3, -0.25) is 0 Å². The molecule has 1 aromatic rings. The van der Waals surface area contributed by atoms with Gasteiger partial charge in [-0.1, -0.05) is 38.3 Å². The van der Waals surface area contributed by atoms with Gasteiger partial charge in [0.1, 0.15) is 11.9 Å². The van der Waals surface area contributed by atoms with Crippen molar-refractivity contribution in [1.29, 1.82) is 0 Å². The van der Waals surface area contributed by atoms with E-state index in [2.05, 4.69) is 9.97 Å². The van der Waals surface area contributed by atoms with E-state index >= 15 is 0 Å². The Labute approximate surface area is 124 Å². The number of hydrogen-bond acceptors (Lipinski definition) is 4. The molecule has 1 aromatic heterocycles. The first-order chi connectivity index (χ1) is 9.58. The Hall–Kier alpha value is -1.16. The average Bonchev–Trinajstić information content (AvgIpc) is 2.67. The lowest BCUT2D eigenvalue weighted by Gasteiger charge is -2.16. The maximum Gasteiger partial charge on any atom is 0.358 e. The van der Waals surface area contributed by atoms with E-state index in [0.717, 1.165) is 25.7 Å². The van der Waals surface area contributed by atoms with Crippen molar-refractivity contribution >= 4 is 17.6 Å². The molecule has 1 saturated carbocycles. The Bertz CT molecular complexity index is 469. The van der Waals surface area contributed by atoms with E-state index in [1.165, 1.54) is 19.0 Å². The third-order valence-electron chi connectivity index (χ3n) is 3.55. The molecule has 0 spiro atoms. The van der Waals surface area contributed by atoms with Crippen LogP contribution in [-0.4, -0.2) is 22.0 Å². The van der Waals surface area contributed by atoms with E-state index < -0.39 is 5.97 Å². The van der Waals surface area contributed by atoms with E-state index in [-0.39, 0.29) is 22.7 Å². The van der Waals surface area contributed by atoms with E-state index in [4.69, 9.17) is 16.3 Å². The minimum absolute atomic E-state index is 0.00136. The highest BCUT2D eigenvalue weighted by Crippen LogP contribution is 2.23. The number of ether oxygens (including phenoxy) is 1. The van der Waals surface area contributed by atoms with E-state index in [0.29, 0.717) is 5.82 Å². The van der Waals surface area contributed by atoms with Crippen molar-refractivity contribution in [1.82, 2.24) is 9.97 Å². The first-order valence-corrected chi connectivity index (χ1v) is 7.69. The van der Waals surface area contributed by atoms with Crippen molar-refractivity contribution in [2.45, 2.75) is 64.4 Å². The SMILES string of the molecule is CC(C)c1ncc(Cl)c(C(=O)OC2CCCCCC2)n1. The molecule has 0 N–H and O–H groups in total. The van der Waals surface area contributed by atoms with Gasteiger partial charge in [-0.2, -0.15) is 0 Å². The summed E-state index contributed by atoms with van der Waals surface area (Å²) >= 11 is 6.02. The van der Waals surface area contributed by atoms with Crippen LogP contribution >= 0.6 is 11.6 Å². The topological polar surface area (TPSA) is 52.1 Å². The molecule has 0 atom stereocenters. The number of esters is 1. The van der Waals surface area contributed by atoms with Crippen LogP contribution in [0.5, 0.6) is 0 Å². The molecule has 110 valence electrons. The largest absolute Gasteiger partial charge is 0.458 e. The van der Waals surface area contributed by atoms with Crippen LogP contribution in [0.2, 0.25) is 5.02 Å². The molecule has 0 radical (unpaired) electrons. The number of carbonyl (C=O) groups excluding carboxylic acids is 1. The first kappa shape index (κ1) is 15.2. The molecular formula is C15H21ClN2O2. The normalized spacial score (nSPS) is 17.0. The van der Waals surface area contributed by atoms with Gasteiger partial charge in [-0.05, 0) is 25.7 Å². The van der Waals surface area contributed by atoms with Gasteiger partial charge in [0.05, 0.1) is 11.2 Å². The molecule has 5 heteroatoms. The van der Waals surface area contributed by atoms with Crippen molar-refractivity contribution in [2.24, 2.45) is 0 Å². The quantitative estimate of drug-likeness (QED) is 0.621. The van der Waals surface area contributed by atoms with Gasteiger partial charge in [0.15, 0.2) is 5.69 Å². The summed E-state index contributed by atoms with van der Waals surface area (Å²) < 4.78 is 5.56. The van der Waals surface area contributed by atoms with Gasteiger partial charge < -0.3 is 4.74 Å². The molecule has 0 saturated heterocycles. The Morgan fingerprint density at radius 1 is 1.30 bits per heavy atom. The zero-order chi connectivity index (χ0) is 14.5. The minimum Gasteiger partial charge on any atom is -0.458 e. The van der Waals surface area contributed by atoms with Crippen molar-refractivity contribution < 1.29 is 9.53 Å². The molecule has 2 rings (SSSR count). The fourth-order valence-corrected chi connectivity index (χ4v) is 2.54. The summed E-state index contributed by atoms with van der Waals surface area (Å²) in [6.45, 7) is 3.95. The number of nitrogens with zero attached hydrogens (tertiary/aromatic N) is 2. The smallest absolute Gasteiger partial charge is 0.358 e. The van der Waals surface area contributed by atoms with Gasteiger partial charge in [-0.25, -0.2) is 14.8 Å². The molecule has 4 nitrogen and oxygen atoms in total. The van der Waals surface area contributed by atoms with Gasteiger partial charge in [-0.15, -0.1) is 0 Å². The Kier molecular flexibility index (Phi) is 5.35. The van der Waals surface area contributed by atoms with Gasteiger partial charge in [0.2, 0.25) is 0 Å². The Balaban J connectivity index is 2.09. The number of hydrogen-bond donors (Lipinski definition) is 0. The molecule has 1 fully saturated rings. The lowest BCUT2D eigenvalue weighted by molar-refractivity contribution is 0.0260. The van der Waals surface area contributed by atoms with Gasteiger partial charge in [0.25, 0.3) is 0 Å². The van der Waals surface area contributed by atoms with Crippen LogP contribution in [0.1, 0.15) is 74.6 Å². The minimum atomic E-state index is -0.425. The maximum atomic E-state index is 12.2. The lowest BCUT2D eigenvalue weighted by atomic mass is 10.1. The molecule has 0 amide bonds. The van der Waals surface area contributed by atoms with Gasteiger partial charge in [0, 0.05) is 5.92 Å². The number of rotatable bonds is 3. The maximum absolute atomic E-state index is 12.2. The zero-order valence-electron chi connectivity index (χ0n) is 12.1. The highest BCUT2D eigenvalue weighted by atomic mass is 35.5. The van der Waals surface area contributed by atoms with Crippen LogP contribution in [0.25, 0.3) is 0 Å². The van der Waals surface area contributed by atoms with Crippen LogP contribution in [0, 0.1) is 0 Å². The van der Waals surface area contributed by atoms with Crippen molar-refractivity contribution in [3.63, 3.8) is 0 Å². The van der Waals surface area contributed by atoms with Crippen molar-refractivity contribution in [3.05, 3.63) is 22.7 Å². The predicted molar refractivity (Wildman–Crippen MR) is 78.0 cm³/mol. The van der Waals surface area contributed by atoms with Crippen molar-refractivity contribution in [3.8, 4) is 0 Å². The Morgan fingerprint density at radius 2 is 1.95 bits per heavy atom. The first-order valence-electron chi connectivity index (χ1n) is 7.31. The monoisotopic (exact) mass is 296 g/mol. The van der Waals surface area contributed by atoms with E-state index in [1.54, 1.807) is 0 Å². The molecule has 20 heavy (non-hydrogen) atoms. The predicted octanol–water partition coefficient (Wildman–Crippen LogP) is 4.13. The summed E-state index contributed by atoms with van der Waals surface area (Å²) in [6, 6.07) is 0. The highest BCUT2D eigenvalue weighted by molar-refractivity contribution is 6.33. The van der Waals surface area contributed by atoms with Gasteiger partial charge >= 0.3 is 5.97 Å². The van der Waals surface area contributed by atoms with Crippen LogP contribution in [-0.2, 0) is 4.74 Å². The second-order valence-electron chi connectivity index (χ2n) is 5.60. The average molecular weight is 297 g/mol.